The molecule has 0 amide bonds. The quantitative estimate of drug-likeness (QED) is 0.794. The summed E-state index contributed by atoms with van der Waals surface area (Å²) in [6.07, 6.45) is 1.01. The molecule has 0 saturated heterocycles. The summed E-state index contributed by atoms with van der Waals surface area (Å²) in [5.41, 5.74) is 1.04. The maximum Gasteiger partial charge on any atom is 0.133 e. The van der Waals surface area contributed by atoms with E-state index in [1.54, 1.807) is 0 Å². The SMILES string of the molecule is CCCOc1cc(C)c(Cl)cc1Br. The van der Waals surface area contributed by atoms with Crippen LogP contribution in [0.4, 0.5) is 0 Å². The van der Waals surface area contributed by atoms with E-state index in [9.17, 15) is 0 Å². The number of hydrogen-bond donors (Lipinski definition) is 0. The van der Waals surface area contributed by atoms with Crippen LogP contribution in [-0.4, -0.2) is 6.61 Å². The van der Waals surface area contributed by atoms with Gasteiger partial charge in [-0.1, -0.05) is 18.5 Å². The zero-order valence-electron chi connectivity index (χ0n) is 7.73. The molecule has 1 aromatic rings. The van der Waals surface area contributed by atoms with Crippen LogP contribution in [0.15, 0.2) is 16.6 Å². The summed E-state index contributed by atoms with van der Waals surface area (Å²) in [7, 11) is 0. The lowest BCUT2D eigenvalue weighted by molar-refractivity contribution is 0.315. The lowest BCUT2D eigenvalue weighted by Gasteiger charge is -2.08. The van der Waals surface area contributed by atoms with Gasteiger partial charge >= 0.3 is 0 Å². The molecule has 0 aliphatic rings. The Kier molecular flexibility index (Phi) is 4.07. The van der Waals surface area contributed by atoms with Gasteiger partial charge in [-0.2, -0.15) is 0 Å². The summed E-state index contributed by atoms with van der Waals surface area (Å²) in [6, 6.07) is 3.81. The first-order valence-corrected chi connectivity index (χ1v) is 5.40. The second-order valence-corrected chi connectivity index (χ2v) is 4.14. The molecule has 0 spiro atoms. The molecule has 0 unspecified atom stereocenters. The van der Waals surface area contributed by atoms with Crippen LogP contribution in [0.2, 0.25) is 5.02 Å². The predicted octanol–water partition coefficient (Wildman–Crippen LogP) is 4.20. The lowest BCUT2D eigenvalue weighted by atomic mass is 10.2. The van der Waals surface area contributed by atoms with Crippen LogP contribution in [0.3, 0.4) is 0 Å². The monoisotopic (exact) mass is 262 g/mol. The molecule has 0 saturated carbocycles. The molecule has 0 atom stereocenters. The number of hydrogen-bond acceptors (Lipinski definition) is 1. The van der Waals surface area contributed by atoms with Crippen molar-refractivity contribution in [2.24, 2.45) is 0 Å². The van der Waals surface area contributed by atoms with Crippen LogP contribution in [0.1, 0.15) is 18.9 Å². The topological polar surface area (TPSA) is 9.23 Å². The third kappa shape index (κ3) is 2.89. The van der Waals surface area contributed by atoms with E-state index in [0.717, 1.165) is 33.8 Å². The molecule has 1 aromatic carbocycles. The molecule has 13 heavy (non-hydrogen) atoms. The fourth-order valence-electron chi connectivity index (χ4n) is 0.953. The molecule has 1 rings (SSSR count). The van der Waals surface area contributed by atoms with E-state index >= 15 is 0 Å². The van der Waals surface area contributed by atoms with Gasteiger partial charge in [0, 0.05) is 5.02 Å². The van der Waals surface area contributed by atoms with Gasteiger partial charge in [0.1, 0.15) is 5.75 Å². The Morgan fingerprint density at radius 3 is 2.77 bits per heavy atom. The molecule has 0 N–H and O–H groups in total. The minimum atomic E-state index is 0.736. The lowest BCUT2D eigenvalue weighted by Crippen LogP contribution is -1.96. The minimum Gasteiger partial charge on any atom is -0.492 e. The first kappa shape index (κ1) is 10.9. The maximum atomic E-state index is 5.93. The highest BCUT2D eigenvalue weighted by Crippen LogP contribution is 2.30. The van der Waals surface area contributed by atoms with Crippen molar-refractivity contribution in [3.05, 3.63) is 27.2 Å². The maximum absolute atomic E-state index is 5.93. The molecule has 0 aromatic heterocycles. The van der Waals surface area contributed by atoms with Gasteiger partial charge in [-0.3, -0.25) is 0 Å². The highest BCUT2D eigenvalue weighted by molar-refractivity contribution is 9.10. The summed E-state index contributed by atoms with van der Waals surface area (Å²) < 4.78 is 6.43. The van der Waals surface area contributed by atoms with Gasteiger partial charge < -0.3 is 4.74 Å². The first-order valence-electron chi connectivity index (χ1n) is 4.23. The van der Waals surface area contributed by atoms with E-state index in [0.29, 0.717) is 0 Å². The van der Waals surface area contributed by atoms with Gasteiger partial charge in [-0.05, 0) is 47.0 Å². The van der Waals surface area contributed by atoms with E-state index in [4.69, 9.17) is 16.3 Å². The van der Waals surface area contributed by atoms with Crippen LogP contribution < -0.4 is 4.74 Å². The molecule has 0 radical (unpaired) electrons. The summed E-state index contributed by atoms with van der Waals surface area (Å²) in [6.45, 7) is 4.78. The zero-order valence-corrected chi connectivity index (χ0v) is 10.1. The summed E-state index contributed by atoms with van der Waals surface area (Å²) in [5, 5.41) is 0.760. The smallest absolute Gasteiger partial charge is 0.133 e. The largest absolute Gasteiger partial charge is 0.492 e. The van der Waals surface area contributed by atoms with Crippen molar-refractivity contribution in [2.75, 3.05) is 6.61 Å². The Morgan fingerprint density at radius 1 is 1.46 bits per heavy atom. The van der Waals surface area contributed by atoms with Crippen molar-refractivity contribution in [1.82, 2.24) is 0 Å². The summed E-state index contributed by atoms with van der Waals surface area (Å²) in [4.78, 5) is 0. The van der Waals surface area contributed by atoms with Crippen LogP contribution in [0.25, 0.3) is 0 Å². The average molecular weight is 264 g/mol. The van der Waals surface area contributed by atoms with Crippen LogP contribution >= 0.6 is 27.5 Å². The second-order valence-electron chi connectivity index (χ2n) is 2.88. The van der Waals surface area contributed by atoms with Crippen LogP contribution in [0.5, 0.6) is 5.75 Å². The Bertz CT molecular complexity index is 299. The third-order valence-electron chi connectivity index (χ3n) is 1.67. The summed E-state index contributed by atoms with van der Waals surface area (Å²) >= 11 is 9.34. The van der Waals surface area contributed by atoms with Gasteiger partial charge in [0.05, 0.1) is 11.1 Å². The number of aryl methyl sites for hydroxylation is 1. The van der Waals surface area contributed by atoms with Gasteiger partial charge in [-0.25, -0.2) is 0 Å². The van der Waals surface area contributed by atoms with Gasteiger partial charge in [-0.15, -0.1) is 0 Å². The highest BCUT2D eigenvalue weighted by Gasteiger charge is 2.04. The molecule has 0 bridgehead atoms. The van der Waals surface area contributed by atoms with Crippen molar-refractivity contribution in [2.45, 2.75) is 20.3 Å². The van der Waals surface area contributed by atoms with E-state index < -0.39 is 0 Å². The molecule has 0 aliphatic heterocycles. The van der Waals surface area contributed by atoms with E-state index in [-0.39, 0.29) is 0 Å². The van der Waals surface area contributed by atoms with Crippen molar-refractivity contribution < 1.29 is 4.74 Å². The third-order valence-corrected chi connectivity index (χ3v) is 2.70. The van der Waals surface area contributed by atoms with Gasteiger partial charge in [0.2, 0.25) is 0 Å². The van der Waals surface area contributed by atoms with Gasteiger partial charge in [0.25, 0.3) is 0 Å². The number of halogens is 2. The Labute approximate surface area is 92.2 Å². The van der Waals surface area contributed by atoms with Crippen molar-refractivity contribution in [3.8, 4) is 5.75 Å². The van der Waals surface area contributed by atoms with E-state index in [1.807, 2.05) is 19.1 Å². The predicted molar refractivity (Wildman–Crippen MR) is 59.7 cm³/mol. The Balaban J connectivity index is 2.88. The van der Waals surface area contributed by atoms with Crippen LogP contribution in [0, 0.1) is 6.92 Å². The highest BCUT2D eigenvalue weighted by atomic mass is 79.9. The molecular formula is C10H12BrClO. The van der Waals surface area contributed by atoms with Crippen molar-refractivity contribution in [3.63, 3.8) is 0 Å². The molecular weight excluding hydrogens is 251 g/mol. The molecule has 72 valence electrons. The number of ether oxygens (including phenoxy) is 1. The first-order chi connectivity index (χ1) is 6.15. The fraction of sp³-hybridized carbons (Fsp3) is 0.400. The Hall–Kier alpha value is -0.210. The second kappa shape index (κ2) is 4.87. The molecule has 3 heteroatoms. The zero-order chi connectivity index (χ0) is 9.84. The molecule has 0 aliphatic carbocycles. The van der Waals surface area contributed by atoms with E-state index in [2.05, 4.69) is 22.9 Å². The molecule has 0 heterocycles. The summed E-state index contributed by atoms with van der Waals surface area (Å²) in [5.74, 6) is 0.865. The Morgan fingerprint density at radius 2 is 2.15 bits per heavy atom. The fourth-order valence-corrected chi connectivity index (χ4v) is 1.71. The van der Waals surface area contributed by atoms with E-state index in [1.165, 1.54) is 0 Å². The van der Waals surface area contributed by atoms with Gasteiger partial charge in [0.15, 0.2) is 0 Å². The standard InChI is InChI=1S/C10H12BrClO/c1-3-4-13-10-5-7(2)9(12)6-8(10)11/h5-6H,3-4H2,1-2H3. The van der Waals surface area contributed by atoms with Crippen molar-refractivity contribution >= 4 is 27.5 Å². The molecule has 1 nitrogen and oxygen atoms in total. The molecule has 0 fully saturated rings. The van der Waals surface area contributed by atoms with Crippen LogP contribution in [-0.2, 0) is 0 Å². The normalized spacial score (nSPS) is 10.2. The van der Waals surface area contributed by atoms with Crippen molar-refractivity contribution in [1.29, 1.82) is 0 Å². The number of rotatable bonds is 3. The minimum absolute atomic E-state index is 0.736. The average Bonchev–Trinajstić information content (AvgIpc) is 2.09. The number of benzene rings is 1.